The average Bonchev–Trinajstić information content (AvgIpc) is 3.12. The number of pyridine rings is 1. The maximum Gasteiger partial charge on any atom is 0.414 e. The van der Waals surface area contributed by atoms with Gasteiger partial charge < -0.3 is 24.2 Å². The standard InChI is InChI=1S/C39H38Cl2F3N3O7/c1-23(2)51-35-16-26(9-10-33(35)53-38(43)44)34(18-30-31(40)20-46(50)21-32(30)41)52-37(48)27-6-3-5-24(15-27)19-47(29-8-4-7-28(42)17-29)39(49)54-36-22-45-13-11-25(36)12-14-45/h3-10,15-17,20-21,23,25,34,36,38H,11-14,18-19,22H2,1-2H3/t34?,36-/m0/s1. The van der Waals surface area contributed by atoms with Crippen LogP contribution in [-0.4, -0.2) is 55.4 Å². The maximum absolute atomic E-state index is 14.4. The molecular formula is C39H38Cl2F3N3O7. The molecule has 0 spiro atoms. The monoisotopic (exact) mass is 787 g/mol. The molecule has 3 aliphatic heterocycles. The Balaban J connectivity index is 1.28. The predicted molar refractivity (Wildman–Crippen MR) is 195 cm³/mol. The minimum atomic E-state index is -3.12. The van der Waals surface area contributed by atoms with Crippen molar-refractivity contribution in [1.29, 1.82) is 0 Å². The van der Waals surface area contributed by atoms with Crippen LogP contribution in [0.1, 0.15) is 59.8 Å². The predicted octanol–water partition coefficient (Wildman–Crippen LogP) is 8.53. The first-order valence-corrected chi connectivity index (χ1v) is 18.2. The van der Waals surface area contributed by atoms with E-state index in [1.807, 2.05) is 0 Å². The molecule has 2 bridgehead atoms. The highest BCUT2D eigenvalue weighted by atomic mass is 35.5. The van der Waals surface area contributed by atoms with Crippen molar-refractivity contribution in [2.75, 3.05) is 24.5 Å². The molecule has 2 atom stereocenters. The van der Waals surface area contributed by atoms with Gasteiger partial charge in [0.2, 0.25) is 0 Å². The molecule has 3 fully saturated rings. The van der Waals surface area contributed by atoms with Gasteiger partial charge in [-0.1, -0.05) is 47.5 Å². The molecular weight excluding hydrogens is 750 g/mol. The minimum Gasteiger partial charge on any atom is -0.619 e. The highest BCUT2D eigenvalue weighted by Crippen LogP contribution is 2.37. The van der Waals surface area contributed by atoms with Crippen LogP contribution in [0.5, 0.6) is 11.5 Å². The Morgan fingerprint density at radius 1 is 0.963 bits per heavy atom. The van der Waals surface area contributed by atoms with Gasteiger partial charge in [-0.25, -0.2) is 14.0 Å². The van der Waals surface area contributed by atoms with Gasteiger partial charge in [-0.15, -0.1) is 0 Å². The number of carbonyl (C=O) groups excluding carboxylic acids is 2. The molecule has 0 radical (unpaired) electrons. The SMILES string of the molecule is CC(C)Oc1cc(C(Cc2c(Cl)c[n+]([O-])cc2Cl)OC(=O)c2cccc(CN(C(=O)O[C@H]3CN4CCC3CC4)c3cccc(F)c3)c2)ccc1OC(F)F. The van der Waals surface area contributed by atoms with Crippen LogP contribution in [-0.2, 0) is 22.4 Å². The lowest BCUT2D eigenvalue weighted by Gasteiger charge is -2.44. The van der Waals surface area contributed by atoms with Gasteiger partial charge in [-0.3, -0.25) is 9.80 Å². The van der Waals surface area contributed by atoms with Gasteiger partial charge in [0.25, 0.3) is 0 Å². The number of alkyl halides is 2. The molecule has 4 aromatic rings. The summed E-state index contributed by atoms with van der Waals surface area (Å²) in [7, 11) is 0. The molecule has 54 heavy (non-hydrogen) atoms. The van der Waals surface area contributed by atoms with Gasteiger partial charge in [0.05, 0.1) is 23.9 Å². The molecule has 1 amide bonds. The molecule has 0 N–H and O–H groups in total. The van der Waals surface area contributed by atoms with E-state index >= 15 is 0 Å². The Hall–Kier alpha value is -4.72. The van der Waals surface area contributed by atoms with Crippen molar-refractivity contribution in [2.45, 2.75) is 64.6 Å². The fraction of sp³-hybridized carbons (Fsp3) is 0.359. The molecule has 7 rings (SSSR count). The summed E-state index contributed by atoms with van der Waals surface area (Å²) < 4.78 is 63.7. The van der Waals surface area contributed by atoms with Crippen molar-refractivity contribution >= 4 is 41.0 Å². The van der Waals surface area contributed by atoms with Crippen molar-refractivity contribution in [3.05, 3.63) is 122 Å². The summed E-state index contributed by atoms with van der Waals surface area (Å²) in [6.45, 7) is 2.81. The van der Waals surface area contributed by atoms with E-state index in [9.17, 15) is 28.0 Å². The van der Waals surface area contributed by atoms with Crippen molar-refractivity contribution in [3.63, 3.8) is 0 Å². The fourth-order valence-electron chi connectivity index (χ4n) is 6.72. The van der Waals surface area contributed by atoms with Crippen LogP contribution in [0.25, 0.3) is 0 Å². The normalized spacial score (nSPS) is 18.4. The zero-order chi connectivity index (χ0) is 38.5. The number of benzene rings is 3. The smallest absolute Gasteiger partial charge is 0.414 e. The van der Waals surface area contributed by atoms with Gasteiger partial charge in [-0.2, -0.15) is 13.5 Å². The van der Waals surface area contributed by atoms with Gasteiger partial charge >= 0.3 is 18.7 Å². The lowest BCUT2D eigenvalue weighted by molar-refractivity contribution is -0.605. The van der Waals surface area contributed by atoms with Gasteiger partial charge in [0, 0.05) is 18.5 Å². The Morgan fingerprint density at radius 3 is 2.33 bits per heavy atom. The lowest BCUT2D eigenvalue weighted by Crippen LogP contribution is -2.53. The Morgan fingerprint density at radius 2 is 1.69 bits per heavy atom. The van der Waals surface area contributed by atoms with Crippen LogP contribution in [0.2, 0.25) is 10.0 Å². The summed E-state index contributed by atoms with van der Waals surface area (Å²) in [6.07, 6.45) is 1.49. The van der Waals surface area contributed by atoms with E-state index in [1.54, 1.807) is 38.1 Å². The minimum absolute atomic E-state index is 0.0134. The third kappa shape index (κ3) is 9.68. The first kappa shape index (κ1) is 39.0. The third-order valence-electron chi connectivity index (χ3n) is 9.31. The number of carbonyl (C=O) groups is 2. The molecule has 1 aromatic heterocycles. The molecule has 3 aromatic carbocycles. The summed E-state index contributed by atoms with van der Waals surface area (Å²) in [5.74, 6) is -1.30. The number of hydrogen-bond donors (Lipinski definition) is 0. The zero-order valence-corrected chi connectivity index (χ0v) is 30.9. The average molecular weight is 789 g/mol. The second kappa shape index (κ2) is 17.2. The molecule has 0 aliphatic carbocycles. The van der Waals surface area contributed by atoms with Gasteiger partial charge in [0.1, 0.15) is 28.1 Å². The van der Waals surface area contributed by atoms with Crippen molar-refractivity contribution < 1.29 is 46.4 Å². The summed E-state index contributed by atoms with van der Waals surface area (Å²) >= 11 is 12.8. The molecule has 3 aliphatic rings. The quantitative estimate of drug-likeness (QED) is 0.0755. The van der Waals surface area contributed by atoms with Crippen molar-refractivity contribution in [1.82, 2.24) is 4.90 Å². The van der Waals surface area contributed by atoms with Crippen LogP contribution >= 0.6 is 23.2 Å². The number of hydrogen-bond acceptors (Lipinski definition) is 8. The molecule has 1 unspecified atom stereocenters. The largest absolute Gasteiger partial charge is 0.619 e. The number of aromatic nitrogens is 1. The van der Waals surface area contributed by atoms with E-state index in [0.717, 1.165) is 38.3 Å². The summed E-state index contributed by atoms with van der Waals surface area (Å²) in [4.78, 5) is 31.2. The summed E-state index contributed by atoms with van der Waals surface area (Å²) in [6, 6.07) is 16.1. The number of halogens is 5. The van der Waals surface area contributed by atoms with Crippen LogP contribution < -0.4 is 19.1 Å². The van der Waals surface area contributed by atoms with E-state index < -0.39 is 36.7 Å². The number of amides is 1. The number of anilines is 1. The highest BCUT2D eigenvalue weighted by Gasteiger charge is 2.37. The number of piperidine rings is 3. The number of rotatable bonds is 13. The van der Waals surface area contributed by atoms with Crippen LogP contribution in [0.3, 0.4) is 0 Å². The van der Waals surface area contributed by atoms with E-state index in [1.165, 1.54) is 47.4 Å². The maximum atomic E-state index is 14.4. The third-order valence-corrected chi connectivity index (χ3v) is 9.96. The molecule has 3 saturated heterocycles. The van der Waals surface area contributed by atoms with Crippen LogP contribution in [0.4, 0.5) is 23.7 Å². The van der Waals surface area contributed by atoms with Crippen LogP contribution in [0.15, 0.2) is 79.1 Å². The second-order valence-corrected chi connectivity index (χ2v) is 14.3. The molecule has 15 heteroatoms. The van der Waals surface area contributed by atoms with E-state index in [2.05, 4.69) is 9.64 Å². The first-order valence-electron chi connectivity index (χ1n) is 17.4. The first-order chi connectivity index (χ1) is 25.8. The summed E-state index contributed by atoms with van der Waals surface area (Å²) in [5, 5.41) is 12.0. The number of fused-ring (bicyclic) bond motifs is 3. The molecule has 10 nitrogen and oxygen atoms in total. The van der Waals surface area contributed by atoms with Crippen molar-refractivity contribution in [3.8, 4) is 11.5 Å². The highest BCUT2D eigenvalue weighted by molar-refractivity contribution is 6.35. The Labute approximate surface area is 320 Å². The van der Waals surface area contributed by atoms with E-state index in [0.29, 0.717) is 28.0 Å². The van der Waals surface area contributed by atoms with Gasteiger partial charge in [-0.05, 0) is 99.3 Å². The molecule has 4 heterocycles. The Bertz CT molecular complexity index is 1960. The fourth-order valence-corrected chi connectivity index (χ4v) is 7.32. The van der Waals surface area contributed by atoms with E-state index in [-0.39, 0.29) is 57.8 Å². The number of ether oxygens (including phenoxy) is 4. The Kier molecular flexibility index (Phi) is 12.4. The van der Waals surface area contributed by atoms with Crippen molar-refractivity contribution in [2.24, 2.45) is 5.92 Å². The number of nitrogens with zero attached hydrogens (tertiary/aromatic N) is 3. The zero-order valence-electron chi connectivity index (χ0n) is 29.4. The van der Waals surface area contributed by atoms with E-state index in [4.69, 9.17) is 37.4 Å². The molecule has 0 saturated carbocycles. The molecule has 286 valence electrons. The van der Waals surface area contributed by atoms with Gasteiger partial charge in [0.15, 0.2) is 23.9 Å². The number of esters is 1. The lowest BCUT2D eigenvalue weighted by atomic mass is 9.86. The topological polar surface area (TPSA) is 104 Å². The van der Waals surface area contributed by atoms with Crippen LogP contribution in [0, 0.1) is 16.9 Å². The summed E-state index contributed by atoms with van der Waals surface area (Å²) in [5.41, 5.74) is 1.54. The second-order valence-electron chi connectivity index (χ2n) is 13.5.